The maximum absolute atomic E-state index is 11.6. The smallest absolute Gasteiger partial charge is 0.430 e. The van der Waals surface area contributed by atoms with Gasteiger partial charge in [-0.3, -0.25) is 9.78 Å². The summed E-state index contributed by atoms with van der Waals surface area (Å²) in [6.07, 6.45) is -2.36. The summed E-state index contributed by atoms with van der Waals surface area (Å²) in [6.45, 7) is 4.25. The number of aliphatic carboxylic acids is 2. The average Bonchev–Trinajstić information content (AvgIpc) is 2.91. The largest absolute Gasteiger partial charge is 0.542 e. The van der Waals surface area contributed by atoms with E-state index in [1.165, 1.54) is 5.56 Å². The van der Waals surface area contributed by atoms with Crippen LogP contribution in [0.5, 0.6) is 0 Å². The zero-order valence-corrected chi connectivity index (χ0v) is 21.5. The number of alkyl halides is 3. The van der Waals surface area contributed by atoms with Crippen LogP contribution in [0.15, 0.2) is 72.9 Å². The lowest BCUT2D eigenvalue weighted by Crippen LogP contribution is -2.47. The van der Waals surface area contributed by atoms with Gasteiger partial charge in [-0.15, -0.1) is 0 Å². The van der Waals surface area contributed by atoms with Crippen molar-refractivity contribution in [2.75, 3.05) is 0 Å². The molecule has 0 fully saturated rings. The molecule has 0 aliphatic heterocycles. The molecule has 4 aromatic rings. The Hall–Kier alpha value is -4.31. The van der Waals surface area contributed by atoms with E-state index in [9.17, 15) is 23.1 Å². The van der Waals surface area contributed by atoms with Gasteiger partial charge in [0.2, 0.25) is 0 Å². The molecule has 0 aliphatic carbocycles. The van der Waals surface area contributed by atoms with Gasteiger partial charge in [-0.25, -0.2) is 4.98 Å². The van der Waals surface area contributed by atoms with Crippen molar-refractivity contribution in [1.82, 2.24) is 9.97 Å². The second-order valence-corrected chi connectivity index (χ2v) is 9.50. The van der Waals surface area contributed by atoms with E-state index in [0.717, 1.165) is 45.5 Å². The van der Waals surface area contributed by atoms with E-state index >= 15 is 0 Å². The van der Waals surface area contributed by atoms with Gasteiger partial charge in [-0.2, -0.15) is 13.2 Å². The minimum absolute atomic E-state index is 0.503. The molecule has 10 heteroatoms. The topological polar surface area (TPSA) is 131 Å². The summed E-state index contributed by atoms with van der Waals surface area (Å²) >= 11 is 0. The van der Waals surface area contributed by atoms with E-state index in [0.29, 0.717) is 12.8 Å². The highest BCUT2D eigenvalue weighted by molar-refractivity contribution is 5.92. The van der Waals surface area contributed by atoms with Crippen LogP contribution < -0.4 is 10.8 Å². The Balaban J connectivity index is 0.000000532. The quantitative estimate of drug-likeness (QED) is 0.364. The number of pyridine rings is 2. The molecule has 0 bridgehead atoms. The maximum Gasteiger partial charge on any atom is 0.430 e. The number of carbonyl (C=O) groups excluding carboxylic acids is 1. The molecule has 2 aromatic heterocycles. The second-order valence-electron chi connectivity index (χ2n) is 9.50. The van der Waals surface area contributed by atoms with Crippen LogP contribution in [0.1, 0.15) is 31.5 Å². The van der Waals surface area contributed by atoms with Crippen LogP contribution in [-0.4, -0.2) is 33.2 Å². The van der Waals surface area contributed by atoms with Crippen LogP contribution in [0, 0.1) is 5.41 Å². The molecule has 2 aromatic carbocycles. The van der Waals surface area contributed by atoms with Crippen molar-refractivity contribution in [2.24, 2.45) is 5.41 Å². The fraction of sp³-hybridized carbons (Fsp3) is 0.241. The van der Waals surface area contributed by atoms with Gasteiger partial charge < -0.3 is 20.7 Å². The van der Waals surface area contributed by atoms with Crippen molar-refractivity contribution in [2.45, 2.75) is 39.4 Å². The Labute approximate surface area is 223 Å². The van der Waals surface area contributed by atoms with Crippen molar-refractivity contribution < 1.29 is 38.7 Å². The molecule has 0 saturated carbocycles. The third-order valence-corrected chi connectivity index (χ3v) is 6.22. The van der Waals surface area contributed by atoms with Gasteiger partial charge in [-0.05, 0) is 44.4 Å². The third-order valence-electron chi connectivity index (χ3n) is 6.22. The third kappa shape index (κ3) is 7.38. The highest BCUT2D eigenvalue weighted by atomic mass is 19.4. The first-order valence-electron chi connectivity index (χ1n) is 12.1. The lowest BCUT2D eigenvalue weighted by Gasteiger charge is -2.19. The molecule has 4 N–H and O–H groups in total. The van der Waals surface area contributed by atoms with Gasteiger partial charge in [0, 0.05) is 34.0 Å². The Bertz CT molecular complexity index is 1450. The van der Waals surface area contributed by atoms with E-state index in [4.69, 9.17) is 14.9 Å². The first-order valence-corrected chi connectivity index (χ1v) is 12.1. The number of quaternary nitrogens is 1. The summed E-state index contributed by atoms with van der Waals surface area (Å²) in [5.41, 5.74) is 10.2. The first-order chi connectivity index (χ1) is 18.3. The van der Waals surface area contributed by atoms with Crippen LogP contribution in [-0.2, 0) is 22.6 Å². The number of benzene rings is 2. The molecule has 0 unspecified atom stereocenters. The lowest BCUT2D eigenvalue weighted by atomic mass is 9.86. The monoisotopic (exact) mass is 539 g/mol. The predicted octanol–water partition coefficient (Wildman–Crippen LogP) is 4.05. The summed E-state index contributed by atoms with van der Waals surface area (Å²) in [6, 6.07) is 22.7. The maximum atomic E-state index is 11.6. The van der Waals surface area contributed by atoms with Crippen molar-refractivity contribution in [3.63, 3.8) is 0 Å². The number of nitrogens with zero attached hydrogens (tertiary/aromatic N) is 2. The summed E-state index contributed by atoms with van der Waals surface area (Å²) in [4.78, 5) is 30.0. The van der Waals surface area contributed by atoms with Gasteiger partial charge in [0.25, 0.3) is 0 Å². The number of halogens is 3. The zero-order valence-electron chi connectivity index (χ0n) is 21.5. The van der Waals surface area contributed by atoms with Gasteiger partial charge >= 0.3 is 12.1 Å². The number of aryl methyl sites for hydroxylation is 1. The summed E-state index contributed by atoms with van der Waals surface area (Å²) < 4.78 is 31.5. The standard InChI is InChI=1S/C27H27N3O2.C2HF3O2/c1-27(2,26(31)32)14-12-23-22-16-21(19-6-4-3-5-7-19)25(30-24(22)13-15-29-23)20-10-8-18(17-28)9-11-20;3-2(4,5)1(6)7/h3-11,13,15-16H,12,14,17,28H2,1-2H3,(H,31,32);(H,6,7). The minimum atomic E-state index is -5.19. The van der Waals surface area contributed by atoms with Gasteiger partial charge in [0.05, 0.1) is 23.2 Å². The van der Waals surface area contributed by atoms with Crippen LogP contribution in [0.25, 0.3) is 33.3 Å². The molecule has 39 heavy (non-hydrogen) atoms. The zero-order chi connectivity index (χ0) is 28.8. The summed E-state index contributed by atoms with van der Waals surface area (Å²) in [5.74, 6) is -3.80. The number of fused-ring (bicyclic) bond motifs is 1. The summed E-state index contributed by atoms with van der Waals surface area (Å²) in [5, 5.41) is 19.2. The number of hydrogen-bond acceptors (Lipinski definition) is 5. The Kier molecular flexibility index (Phi) is 9.03. The van der Waals surface area contributed by atoms with Crippen LogP contribution in [0.2, 0.25) is 0 Å². The Morgan fingerprint density at radius 3 is 2.13 bits per heavy atom. The molecule has 0 atom stereocenters. The molecular formula is C29H28F3N3O4. The minimum Gasteiger partial charge on any atom is -0.542 e. The molecule has 0 amide bonds. The molecule has 4 rings (SSSR count). The van der Waals surface area contributed by atoms with Gasteiger partial charge in [0.1, 0.15) is 5.97 Å². The number of carbonyl (C=O) groups is 2. The highest BCUT2D eigenvalue weighted by Gasteiger charge is 2.29. The van der Waals surface area contributed by atoms with Crippen molar-refractivity contribution in [1.29, 1.82) is 0 Å². The number of rotatable bonds is 7. The second kappa shape index (κ2) is 12.0. The van der Waals surface area contributed by atoms with Crippen molar-refractivity contribution in [3.8, 4) is 22.4 Å². The van der Waals surface area contributed by atoms with Crippen molar-refractivity contribution in [3.05, 3.63) is 84.2 Å². The lowest BCUT2D eigenvalue weighted by molar-refractivity contribution is -0.386. The average molecular weight is 540 g/mol. The molecule has 0 spiro atoms. The number of carboxylic acids is 2. The van der Waals surface area contributed by atoms with Crippen LogP contribution in [0.4, 0.5) is 13.2 Å². The van der Waals surface area contributed by atoms with Crippen molar-refractivity contribution >= 4 is 22.8 Å². The van der Waals surface area contributed by atoms with Gasteiger partial charge in [-0.1, -0.05) is 54.6 Å². The predicted molar refractivity (Wildman–Crippen MR) is 138 cm³/mol. The van der Waals surface area contributed by atoms with E-state index in [-0.39, 0.29) is 0 Å². The number of aromatic nitrogens is 2. The van der Waals surface area contributed by atoms with E-state index < -0.39 is 23.5 Å². The highest BCUT2D eigenvalue weighted by Crippen LogP contribution is 2.35. The summed E-state index contributed by atoms with van der Waals surface area (Å²) in [7, 11) is 0. The molecule has 0 saturated heterocycles. The van der Waals surface area contributed by atoms with Crippen LogP contribution in [0.3, 0.4) is 0 Å². The fourth-order valence-electron chi connectivity index (χ4n) is 3.78. The fourth-order valence-corrected chi connectivity index (χ4v) is 3.78. The molecule has 0 aliphatic rings. The van der Waals surface area contributed by atoms with Crippen LogP contribution >= 0.6 is 0 Å². The molecule has 7 nitrogen and oxygen atoms in total. The van der Waals surface area contributed by atoms with E-state index in [1.807, 2.05) is 24.3 Å². The SMILES string of the molecule is CC(C)(CCc1nccc2nc(-c3ccc(C[NH3+])cc3)c(-c3ccccc3)cc12)C(=O)O.O=C([O-])C(F)(F)F. The molecule has 2 heterocycles. The molecular weight excluding hydrogens is 511 g/mol. The Morgan fingerprint density at radius 1 is 0.974 bits per heavy atom. The van der Waals surface area contributed by atoms with Gasteiger partial charge in [0.15, 0.2) is 0 Å². The number of hydrogen-bond donors (Lipinski definition) is 2. The van der Waals surface area contributed by atoms with E-state index in [2.05, 4.69) is 53.2 Å². The number of carboxylic acid groups (broad SMARTS) is 2. The molecule has 0 radical (unpaired) electrons. The normalized spacial score (nSPS) is 11.5. The first kappa shape index (κ1) is 29.2. The van der Waals surface area contributed by atoms with E-state index in [1.54, 1.807) is 20.0 Å². The Morgan fingerprint density at radius 2 is 1.59 bits per heavy atom. The molecule has 204 valence electrons.